The summed E-state index contributed by atoms with van der Waals surface area (Å²) < 4.78 is 10.6. The minimum Gasteiger partial charge on any atom is -0.454 e. The van der Waals surface area contributed by atoms with Gasteiger partial charge >= 0.3 is 0 Å². The molecule has 3 rings (SSSR count). The Hall–Kier alpha value is -2.10. The highest BCUT2D eigenvalue weighted by atomic mass is 16.7. The fourth-order valence-electron chi connectivity index (χ4n) is 3.04. The van der Waals surface area contributed by atoms with Crippen molar-refractivity contribution in [3.63, 3.8) is 0 Å². The van der Waals surface area contributed by atoms with Gasteiger partial charge in [0.15, 0.2) is 23.1 Å². The van der Waals surface area contributed by atoms with Gasteiger partial charge in [0, 0.05) is 12.8 Å². The van der Waals surface area contributed by atoms with Gasteiger partial charge in [-0.15, -0.1) is 6.58 Å². The number of fused-ring (bicyclic) bond motifs is 1. The summed E-state index contributed by atoms with van der Waals surface area (Å²) in [6.45, 7) is 3.88. The van der Waals surface area contributed by atoms with E-state index in [-0.39, 0.29) is 18.4 Å². The molecule has 0 amide bonds. The molecule has 4 heteroatoms. The van der Waals surface area contributed by atoms with E-state index in [9.17, 15) is 9.59 Å². The molecule has 0 aromatic heterocycles. The highest BCUT2D eigenvalue weighted by molar-refractivity contribution is 6.14. The van der Waals surface area contributed by atoms with E-state index in [0.717, 1.165) is 0 Å². The molecule has 0 spiro atoms. The van der Waals surface area contributed by atoms with Gasteiger partial charge in [-0.1, -0.05) is 12.1 Å². The first-order chi connectivity index (χ1) is 9.68. The van der Waals surface area contributed by atoms with Gasteiger partial charge in [-0.3, -0.25) is 9.59 Å². The van der Waals surface area contributed by atoms with Crippen LogP contribution in [0.5, 0.6) is 11.5 Å². The summed E-state index contributed by atoms with van der Waals surface area (Å²) in [5.41, 5.74) is -0.391. The zero-order valence-corrected chi connectivity index (χ0v) is 11.2. The van der Waals surface area contributed by atoms with Gasteiger partial charge in [0.2, 0.25) is 6.79 Å². The highest BCUT2D eigenvalue weighted by Crippen LogP contribution is 2.42. The quantitative estimate of drug-likeness (QED) is 0.627. The Morgan fingerprint density at radius 3 is 2.55 bits per heavy atom. The average Bonchev–Trinajstić information content (AvgIpc) is 2.90. The normalized spacial score (nSPS) is 20.0. The van der Waals surface area contributed by atoms with E-state index in [1.54, 1.807) is 24.3 Å². The SMILES string of the molecule is C=CCC1(c2ccc3c(c2)OCO3)C(=O)CCCC1=O. The van der Waals surface area contributed by atoms with Crippen LogP contribution in [0.1, 0.15) is 31.2 Å². The van der Waals surface area contributed by atoms with Crippen molar-refractivity contribution in [3.05, 3.63) is 36.4 Å². The summed E-state index contributed by atoms with van der Waals surface area (Å²) in [6, 6.07) is 5.31. The summed E-state index contributed by atoms with van der Waals surface area (Å²) in [5, 5.41) is 0. The first kappa shape index (κ1) is 12.9. The molecular formula is C16H16O4. The fraction of sp³-hybridized carbons (Fsp3) is 0.375. The maximum absolute atomic E-state index is 12.5. The zero-order chi connectivity index (χ0) is 14.2. The van der Waals surface area contributed by atoms with Crippen LogP contribution in [0.25, 0.3) is 0 Å². The van der Waals surface area contributed by atoms with Crippen LogP contribution in [0.4, 0.5) is 0 Å². The van der Waals surface area contributed by atoms with Crippen molar-refractivity contribution in [2.75, 3.05) is 6.79 Å². The van der Waals surface area contributed by atoms with E-state index in [1.165, 1.54) is 0 Å². The van der Waals surface area contributed by atoms with Gasteiger partial charge < -0.3 is 9.47 Å². The molecule has 0 radical (unpaired) electrons. The van der Waals surface area contributed by atoms with Crippen molar-refractivity contribution in [3.8, 4) is 11.5 Å². The van der Waals surface area contributed by atoms with Gasteiger partial charge in [0.1, 0.15) is 5.41 Å². The van der Waals surface area contributed by atoms with Gasteiger partial charge in [-0.2, -0.15) is 0 Å². The highest BCUT2D eigenvalue weighted by Gasteiger charge is 2.47. The maximum atomic E-state index is 12.5. The zero-order valence-electron chi connectivity index (χ0n) is 11.2. The molecule has 1 fully saturated rings. The lowest BCUT2D eigenvalue weighted by Crippen LogP contribution is -2.46. The number of rotatable bonds is 3. The van der Waals surface area contributed by atoms with Gasteiger partial charge in [-0.05, 0) is 30.5 Å². The average molecular weight is 272 g/mol. The van der Waals surface area contributed by atoms with E-state index in [0.29, 0.717) is 42.7 Å². The summed E-state index contributed by atoms with van der Waals surface area (Å²) in [6.07, 6.45) is 3.50. The van der Waals surface area contributed by atoms with Gasteiger partial charge in [0.25, 0.3) is 0 Å². The number of hydrogen-bond donors (Lipinski definition) is 0. The Bertz CT molecular complexity index is 572. The van der Waals surface area contributed by atoms with E-state index in [1.807, 2.05) is 0 Å². The van der Waals surface area contributed by atoms with E-state index in [4.69, 9.17) is 9.47 Å². The molecule has 1 aliphatic heterocycles. The lowest BCUT2D eigenvalue weighted by atomic mass is 9.65. The molecule has 20 heavy (non-hydrogen) atoms. The minimum absolute atomic E-state index is 0.0208. The Morgan fingerprint density at radius 1 is 1.15 bits per heavy atom. The largest absolute Gasteiger partial charge is 0.454 e. The second-order valence-electron chi connectivity index (χ2n) is 5.17. The van der Waals surface area contributed by atoms with Crippen LogP contribution in [-0.2, 0) is 15.0 Å². The number of benzene rings is 1. The topological polar surface area (TPSA) is 52.6 Å². The molecule has 0 unspecified atom stereocenters. The number of allylic oxidation sites excluding steroid dienone is 1. The molecule has 0 atom stereocenters. The lowest BCUT2D eigenvalue weighted by Gasteiger charge is -2.34. The van der Waals surface area contributed by atoms with Crippen LogP contribution < -0.4 is 9.47 Å². The third-order valence-electron chi connectivity index (χ3n) is 4.08. The van der Waals surface area contributed by atoms with Crippen LogP contribution >= 0.6 is 0 Å². The number of ether oxygens (including phenoxy) is 2. The molecule has 104 valence electrons. The predicted molar refractivity (Wildman–Crippen MR) is 72.9 cm³/mol. The van der Waals surface area contributed by atoms with Crippen LogP contribution in [0.3, 0.4) is 0 Å². The number of hydrogen-bond acceptors (Lipinski definition) is 4. The van der Waals surface area contributed by atoms with Crippen LogP contribution in [-0.4, -0.2) is 18.4 Å². The smallest absolute Gasteiger partial charge is 0.231 e. The monoisotopic (exact) mass is 272 g/mol. The third kappa shape index (κ3) is 1.75. The standard InChI is InChI=1S/C16H16O4/c1-2-8-16(14(17)4-3-5-15(16)18)11-6-7-12-13(9-11)20-10-19-12/h2,6-7,9H,1,3-5,8,10H2. The molecule has 1 aromatic carbocycles. The van der Waals surface area contributed by atoms with E-state index >= 15 is 0 Å². The predicted octanol–water partition coefficient (Wildman–Crippen LogP) is 2.55. The van der Waals surface area contributed by atoms with Crippen molar-refractivity contribution in [1.82, 2.24) is 0 Å². The molecular weight excluding hydrogens is 256 g/mol. The Balaban J connectivity index is 2.12. The van der Waals surface area contributed by atoms with Crippen molar-refractivity contribution >= 4 is 11.6 Å². The van der Waals surface area contributed by atoms with Crippen LogP contribution in [0.15, 0.2) is 30.9 Å². The van der Waals surface area contributed by atoms with Crippen molar-refractivity contribution in [1.29, 1.82) is 0 Å². The molecule has 1 heterocycles. The molecule has 1 aliphatic carbocycles. The number of carbonyl (C=O) groups excluding carboxylic acids is 2. The summed E-state index contributed by atoms with van der Waals surface area (Å²) in [7, 11) is 0. The van der Waals surface area contributed by atoms with Crippen LogP contribution in [0, 0.1) is 0 Å². The number of ketones is 2. The van der Waals surface area contributed by atoms with Gasteiger partial charge in [0.05, 0.1) is 0 Å². The molecule has 1 saturated carbocycles. The molecule has 0 saturated heterocycles. The maximum Gasteiger partial charge on any atom is 0.231 e. The summed E-state index contributed by atoms with van der Waals surface area (Å²) in [5.74, 6) is 1.20. The lowest BCUT2D eigenvalue weighted by molar-refractivity contribution is -0.138. The first-order valence-electron chi connectivity index (χ1n) is 6.76. The summed E-state index contributed by atoms with van der Waals surface area (Å²) >= 11 is 0. The van der Waals surface area contributed by atoms with E-state index < -0.39 is 5.41 Å². The molecule has 0 N–H and O–H groups in total. The second-order valence-corrected chi connectivity index (χ2v) is 5.17. The molecule has 1 aromatic rings. The fourth-order valence-corrected chi connectivity index (χ4v) is 3.04. The summed E-state index contributed by atoms with van der Waals surface area (Å²) in [4.78, 5) is 25.0. The van der Waals surface area contributed by atoms with Crippen molar-refractivity contribution in [2.24, 2.45) is 0 Å². The molecule has 2 aliphatic rings. The number of Topliss-reactive ketones (excluding diaryl/α,β-unsaturated/α-hetero) is 2. The van der Waals surface area contributed by atoms with Gasteiger partial charge in [-0.25, -0.2) is 0 Å². The molecule has 0 bridgehead atoms. The number of carbonyl (C=O) groups is 2. The Kier molecular flexibility index (Phi) is 3.08. The minimum atomic E-state index is -1.08. The first-order valence-corrected chi connectivity index (χ1v) is 6.76. The Morgan fingerprint density at radius 2 is 1.85 bits per heavy atom. The van der Waals surface area contributed by atoms with E-state index in [2.05, 4.69) is 6.58 Å². The van der Waals surface area contributed by atoms with Crippen molar-refractivity contribution in [2.45, 2.75) is 31.1 Å². The molecule has 4 nitrogen and oxygen atoms in total. The van der Waals surface area contributed by atoms with Crippen molar-refractivity contribution < 1.29 is 19.1 Å². The van der Waals surface area contributed by atoms with Crippen LogP contribution in [0.2, 0.25) is 0 Å². The third-order valence-corrected chi connectivity index (χ3v) is 4.08. The Labute approximate surface area is 117 Å². The second kappa shape index (κ2) is 4.78.